The van der Waals surface area contributed by atoms with Crippen molar-refractivity contribution in [3.8, 4) is 0 Å². The van der Waals surface area contributed by atoms with Gasteiger partial charge in [0, 0.05) is 19.0 Å². The highest BCUT2D eigenvalue weighted by Crippen LogP contribution is 2.39. The molecule has 1 heterocycles. The lowest BCUT2D eigenvalue weighted by molar-refractivity contribution is -0.142. The molecule has 0 radical (unpaired) electrons. The smallest absolute Gasteiger partial charge is 0.235 e. The Balaban J connectivity index is 2.06. The Hall–Kier alpha value is -1.17. The van der Waals surface area contributed by atoms with E-state index in [-0.39, 0.29) is 17.7 Å². The van der Waals surface area contributed by atoms with E-state index in [9.17, 15) is 9.59 Å². The molecule has 6 heteroatoms. The van der Waals surface area contributed by atoms with E-state index in [0.717, 1.165) is 32.1 Å². The van der Waals surface area contributed by atoms with Crippen molar-refractivity contribution >= 4 is 29.0 Å². The zero-order valence-corrected chi connectivity index (χ0v) is 12.6. The summed E-state index contributed by atoms with van der Waals surface area (Å²) in [6, 6.07) is 0. The van der Waals surface area contributed by atoms with Gasteiger partial charge in [-0.3, -0.25) is 9.59 Å². The maximum absolute atomic E-state index is 12.8. The molecule has 0 spiro atoms. The molecule has 0 aromatic carbocycles. The summed E-state index contributed by atoms with van der Waals surface area (Å²) in [4.78, 5) is 26.2. The summed E-state index contributed by atoms with van der Waals surface area (Å²) in [6.07, 6.45) is 5.96. The number of carbonyl (C=O) groups excluding carboxylic acids is 2. The fourth-order valence-electron chi connectivity index (χ4n) is 3.39. The SMILES string of the molecule is NC(=O)C1CCN(C(=O)C2(C(N)=S)CCCCC2)CC1. The summed E-state index contributed by atoms with van der Waals surface area (Å²) in [5.41, 5.74) is 10.6. The molecular weight excluding hydrogens is 274 g/mol. The average Bonchev–Trinajstić information content (AvgIpc) is 2.47. The lowest BCUT2D eigenvalue weighted by atomic mass is 9.72. The number of carbonyl (C=O) groups is 2. The number of amides is 2. The number of nitrogens with two attached hydrogens (primary N) is 2. The van der Waals surface area contributed by atoms with Gasteiger partial charge in [-0.05, 0) is 25.7 Å². The quantitative estimate of drug-likeness (QED) is 0.759. The first-order valence-electron chi connectivity index (χ1n) is 7.36. The zero-order valence-electron chi connectivity index (χ0n) is 11.8. The summed E-state index contributed by atoms with van der Waals surface area (Å²) in [7, 11) is 0. The number of nitrogens with zero attached hydrogens (tertiary/aromatic N) is 1. The molecule has 1 aliphatic heterocycles. The van der Waals surface area contributed by atoms with Crippen molar-refractivity contribution < 1.29 is 9.59 Å². The molecule has 0 unspecified atom stereocenters. The summed E-state index contributed by atoms with van der Waals surface area (Å²) < 4.78 is 0. The van der Waals surface area contributed by atoms with Crippen LogP contribution in [0.4, 0.5) is 0 Å². The molecule has 2 amide bonds. The molecule has 0 aromatic rings. The third-order valence-corrected chi connectivity index (χ3v) is 5.16. The second-order valence-corrected chi connectivity index (χ2v) is 6.42. The number of piperidine rings is 1. The van der Waals surface area contributed by atoms with E-state index < -0.39 is 5.41 Å². The van der Waals surface area contributed by atoms with Crippen LogP contribution in [0, 0.1) is 11.3 Å². The van der Waals surface area contributed by atoms with Crippen molar-refractivity contribution in [1.82, 2.24) is 4.90 Å². The third-order valence-electron chi connectivity index (χ3n) is 4.77. The number of rotatable bonds is 3. The predicted octanol–water partition coefficient (Wildman–Crippen LogP) is 0.947. The minimum Gasteiger partial charge on any atom is -0.392 e. The van der Waals surface area contributed by atoms with Gasteiger partial charge in [0.25, 0.3) is 0 Å². The number of likely N-dealkylation sites (tertiary alicyclic amines) is 1. The lowest BCUT2D eigenvalue weighted by Gasteiger charge is -2.41. The van der Waals surface area contributed by atoms with Crippen molar-refractivity contribution in [1.29, 1.82) is 0 Å². The Bertz CT molecular complexity index is 411. The molecule has 2 fully saturated rings. The van der Waals surface area contributed by atoms with Gasteiger partial charge in [0.1, 0.15) is 0 Å². The van der Waals surface area contributed by atoms with Gasteiger partial charge in [-0.25, -0.2) is 0 Å². The molecule has 1 aliphatic carbocycles. The van der Waals surface area contributed by atoms with Crippen molar-refractivity contribution in [3.63, 3.8) is 0 Å². The van der Waals surface area contributed by atoms with Gasteiger partial charge in [-0.1, -0.05) is 31.5 Å². The first-order chi connectivity index (χ1) is 9.47. The average molecular weight is 297 g/mol. The van der Waals surface area contributed by atoms with Crippen molar-refractivity contribution in [2.24, 2.45) is 22.8 Å². The normalized spacial score (nSPS) is 23.3. The van der Waals surface area contributed by atoms with Crippen LogP contribution in [0.15, 0.2) is 0 Å². The Morgan fingerprint density at radius 1 is 1.05 bits per heavy atom. The molecule has 112 valence electrons. The number of thiocarbonyl (C=S) groups is 1. The maximum Gasteiger partial charge on any atom is 0.235 e. The van der Waals surface area contributed by atoms with Gasteiger partial charge in [-0.15, -0.1) is 0 Å². The molecule has 5 nitrogen and oxygen atoms in total. The van der Waals surface area contributed by atoms with Crippen molar-refractivity contribution in [2.45, 2.75) is 44.9 Å². The molecular formula is C14H23N3O2S. The summed E-state index contributed by atoms with van der Waals surface area (Å²) >= 11 is 5.19. The van der Waals surface area contributed by atoms with E-state index in [1.54, 1.807) is 0 Å². The Morgan fingerprint density at radius 3 is 2.05 bits per heavy atom. The van der Waals surface area contributed by atoms with Crippen LogP contribution in [-0.4, -0.2) is 34.8 Å². The van der Waals surface area contributed by atoms with Gasteiger partial charge < -0.3 is 16.4 Å². The van der Waals surface area contributed by atoms with E-state index in [2.05, 4.69) is 0 Å². The largest absolute Gasteiger partial charge is 0.392 e. The molecule has 0 aromatic heterocycles. The standard InChI is InChI=1S/C14H23N3O2S/c15-11(18)10-4-8-17(9-5-10)13(19)14(12(16)20)6-2-1-3-7-14/h10H,1-9H2,(H2,15,18)(H2,16,20). The monoisotopic (exact) mass is 297 g/mol. The van der Waals surface area contributed by atoms with Gasteiger partial charge in [0.05, 0.1) is 10.4 Å². The molecule has 2 rings (SSSR count). The summed E-state index contributed by atoms with van der Waals surface area (Å²) in [5, 5.41) is 0. The van der Waals surface area contributed by atoms with Gasteiger partial charge in [0.2, 0.25) is 11.8 Å². The second kappa shape index (κ2) is 6.08. The summed E-state index contributed by atoms with van der Waals surface area (Å²) in [5.74, 6) is -0.308. The fraction of sp³-hybridized carbons (Fsp3) is 0.786. The first-order valence-corrected chi connectivity index (χ1v) is 7.77. The van der Waals surface area contributed by atoms with Crippen molar-refractivity contribution in [2.75, 3.05) is 13.1 Å². The van der Waals surface area contributed by atoms with E-state index in [0.29, 0.717) is 30.9 Å². The molecule has 0 atom stereocenters. The highest BCUT2D eigenvalue weighted by Gasteiger charge is 2.45. The van der Waals surface area contributed by atoms with Crippen LogP contribution in [0.2, 0.25) is 0 Å². The predicted molar refractivity (Wildman–Crippen MR) is 80.8 cm³/mol. The third kappa shape index (κ3) is 2.80. The number of primary amides is 1. The fourth-order valence-corrected chi connectivity index (χ4v) is 3.68. The van der Waals surface area contributed by atoms with E-state index in [4.69, 9.17) is 23.7 Å². The van der Waals surface area contributed by atoms with Gasteiger partial charge >= 0.3 is 0 Å². The molecule has 4 N–H and O–H groups in total. The zero-order chi connectivity index (χ0) is 14.8. The minimum absolute atomic E-state index is 0.0626. The maximum atomic E-state index is 12.8. The van der Waals surface area contributed by atoms with Crippen LogP contribution in [0.3, 0.4) is 0 Å². The Morgan fingerprint density at radius 2 is 1.60 bits per heavy atom. The first kappa shape index (κ1) is 15.2. The lowest BCUT2D eigenvalue weighted by Crippen LogP contribution is -2.54. The van der Waals surface area contributed by atoms with Crippen molar-refractivity contribution in [3.05, 3.63) is 0 Å². The van der Waals surface area contributed by atoms with Crippen LogP contribution >= 0.6 is 12.2 Å². The Labute approximate surface area is 125 Å². The highest BCUT2D eigenvalue weighted by molar-refractivity contribution is 7.80. The van der Waals surface area contributed by atoms with E-state index in [1.165, 1.54) is 0 Å². The topological polar surface area (TPSA) is 89.4 Å². The van der Waals surface area contributed by atoms with Crippen LogP contribution in [0.1, 0.15) is 44.9 Å². The molecule has 1 saturated carbocycles. The molecule has 0 bridgehead atoms. The van der Waals surface area contributed by atoms with Crippen LogP contribution in [-0.2, 0) is 9.59 Å². The van der Waals surface area contributed by atoms with Crippen LogP contribution in [0.5, 0.6) is 0 Å². The second-order valence-electron chi connectivity index (χ2n) is 5.98. The molecule has 20 heavy (non-hydrogen) atoms. The van der Waals surface area contributed by atoms with E-state index in [1.807, 2.05) is 4.90 Å². The van der Waals surface area contributed by atoms with Crippen LogP contribution < -0.4 is 11.5 Å². The van der Waals surface area contributed by atoms with E-state index >= 15 is 0 Å². The molecule has 2 aliphatic rings. The number of hydrogen-bond acceptors (Lipinski definition) is 3. The Kier molecular flexibility index (Phi) is 4.62. The van der Waals surface area contributed by atoms with Gasteiger partial charge in [0.15, 0.2) is 0 Å². The molecule has 1 saturated heterocycles. The number of hydrogen-bond donors (Lipinski definition) is 2. The highest BCUT2D eigenvalue weighted by atomic mass is 32.1. The summed E-state index contributed by atoms with van der Waals surface area (Å²) in [6.45, 7) is 1.16. The van der Waals surface area contributed by atoms with Gasteiger partial charge in [-0.2, -0.15) is 0 Å². The minimum atomic E-state index is -0.646. The van der Waals surface area contributed by atoms with Crippen LogP contribution in [0.25, 0.3) is 0 Å².